The summed E-state index contributed by atoms with van der Waals surface area (Å²) < 4.78 is 0. The van der Waals surface area contributed by atoms with Gasteiger partial charge in [0, 0.05) is 24.5 Å². The summed E-state index contributed by atoms with van der Waals surface area (Å²) in [6.07, 6.45) is 1.20. The van der Waals surface area contributed by atoms with Gasteiger partial charge < -0.3 is 10.6 Å². The maximum atomic E-state index is 5.93. The molecule has 1 rings (SSSR count). The van der Waals surface area contributed by atoms with Crippen LogP contribution in [-0.2, 0) is 0 Å². The van der Waals surface area contributed by atoms with Crippen LogP contribution < -0.4 is 10.6 Å². The van der Waals surface area contributed by atoms with Crippen molar-refractivity contribution in [3.05, 3.63) is 23.8 Å². The number of aryl methyl sites for hydroxylation is 1. The van der Waals surface area contributed by atoms with E-state index in [9.17, 15) is 0 Å². The summed E-state index contributed by atoms with van der Waals surface area (Å²) in [7, 11) is 2.14. The van der Waals surface area contributed by atoms with Gasteiger partial charge in [0.2, 0.25) is 0 Å². The molecule has 0 aliphatic heterocycles. The van der Waals surface area contributed by atoms with Gasteiger partial charge in [-0.1, -0.05) is 19.9 Å². The fourth-order valence-electron chi connectivity index (χ4n) is 1.94. The van der Waals surface area contributed by atoms with Crippen LogP contribution in [0.15, 0.2) is 18.2 Å². The van der Waals surface area contributed by atoms with E-state index in [-0.39, 0.29) is 0 Å². The van der Waals surface area contributed by atoms with Crippen LogP contribution in [0.25, 0.3) is 0 Å². The Labute approximate surface area is 99.5 Å². The molecule has 0 aliphatic rings. The Bertz CT molecular complexity index is 345. The first-order chi connectivity index (χ1) is 7.41. The summed E-state index contributed by atoms with van der Waals surface area (Å²) in [5.41, 5.74) is 9.16. The predicted molar refractivity (Wildman–Crippen MR) is 72.9 cm³/mol. The molecule has 0 spiro atoms. The number of nitrogen functional groups attached to an aromatic ring is 1. The second-order valence-electron chi connectivity index (χ2n) is 5.13. The second-order valence-corrected chi connectivity index (χ2v) is 5.13. The third kappa shape index (κ3) is 3.16. The number of hydrogen-bond donors (Lipinski definition) is 1. The fraction of sp³-hybridized carbons (Fsp3) is 0.571. The Morgan fingerprint density at radius 3 is 2.38 bits per heavy atom. The summed E-state index contributed by atoms with van der Waals surface area (Å²) >= 11 is 0. The number of anilines is 2. The fourth-order valence-corrected chi connectivity index (χ4v) is 1.94. The van der Waals surface area contributed by atoms with Crippen LogP contribution in [0.4, 0.5) is 11.4 Å². The molecule has 90 valence electrons. The van der Waals surface area contributed by atoms with Crippen LogP contribution in [0, 0.1) is 12.8 Å². The summed E-state index contributed by atoms with van der Waals surface area (Å²) in [6, 6.07) is 6.83. The third-order valence-electron chi connectivity index (χ3n) is 3.14. The van der Waals surface area contributed by atoms with Gasteiger partial charge in [0.25, 0.3) is 0 Å². The Morgan fingerprint density at radius 1 is 1.25 bits per heavy atom. The Morgan fingerprint density at radius 2 is 1.88 bits per heavy atom. The molecule has 1 unspecified atom stereocenters. The largest absolute Gasteiger partial charge is 0.398 e. The van der Waals surface area contributed by atoms with E-state index >= 15 is 0 Å². The Hall–Kier alpha value is -1.18. The zero-order chi connectivity index (χ0) is 12.3. The molecule has 1 atom stereocenters. The molecule has 1 aromatic rings. The van der Waals surface area contributed by atoms with Crippen LogP contribution in [0.2, 0.25) is 0 Å². The Kier molecular flexibility index (Phi) is 4.22. The van der Waals surface area contributed by atoms with Crippen molar-refractivity contribution in [2.45, 2.75) is 40.2 Å². The molecule has 2 nitrogen and oxygen atoms in total. The SMILES string of the molecule is Cc1ccc(N(C)C(C)CC(C)C)cc1N. The second kappa shape index (κ2) is 5.24. The Balaban J connectivity index is 2.79. The highest BCUT2D eigenvalue weighted by Crippen LogP contribution is 2.23. The van der Waals surface area contributed by atoms with Crippen molar-refractivity contribution >= 4 is 11.4 Å². The van der Waals surface area contributed by atoms with E-state index in [0.717, 1.165) is 17.2 Å². The van der Waals surface area contributed by atoms with Crippen LogP contribution in [0.5, 0.6) is 0 Å². The highest BCUT2D eigenvalue weighted by atomic mass is 15.1. The highest BCUT2D eigenvalue weighted by molar-refractivity contribution is 5.59. The molecule has 0 bridgehead atoms. The number of benzene rings is 1. The number of rotatable bonds is 4. The van der Waals surface area contributed by atoms with Crippen LogP contribution in [0.3, 0.4) is 0 Å². The number of nitrogens with two attached hydrogens (primary N) is 1. The molecule has 0 saturated heterocycles. The minimum atomic E-state index is 0.544. The molecule has 0 saturated carbocycles. The van der Waals surface area contributed by atoms with E-state index in [4.69, 9.17) is 5.73 Å². The lowest BCUT2D eigenvalue weighted by atomic mass is 10.0. The smallest absolute Gasteiger partial charge is 0.0386 e. The van der Waals surface area contributed by atoms with E-state index in [1.165, 1.54) is 12.1 Å². The van der Waals surface area contributed by atoms with Crippen LogP contribution in [0.1, 0.15) is 32.8 Å². The summed E-state index contributed by atoms with van der Waals surface area (Å²) in [5.74, 6) is 0.722. The first-order valence-corrected chi connectivity index (χ1v) is 6.00. The molecule has 2 heteroatoms. The summed E-state index contributed by atoms with van der Waals surface area (Å²) in [5, 5.41) is 0. The van der Waals surface area contributed by atoms with Gasteiger partial charge in [-0.2, -0.15) is 0 Å². The maximum Gasteiger partial charge on any atom is 0.0386 e. The normalized spacial score (nSPS) is 12.9. The average Bonchev–Trinajstić information content (AvgIpc) is 2.20. The van der Waals surface area contributed by atoms with Gasteiger partial charge in [-0.3, -0.25) is 0 Å². The van der Waals surface area contributed by atoms with Crippen LogP contribution in [-0.4, -0.2) is 13.1 Å². The molecule has 0 aliphatic carbocycles. The minimum Gasteiger partial charge on any atom is -0.398 e. The van der Waals surface area contributed by atoms with Crippen LogP contribution >= 0.6 is 0 Å². The number of hydrogen-bond acceptors (Lipinski definition) is 2. The summed E-state index contributed by atoms with van der Waals surface area (Å²) in [4.78, 5) is 2.30. The molecule has 16 heavy (non-hydrogen) atoms. The van der Waals surface area contributed by atoms with Crippen molar-refractivity contribution < 1.29 is 0 Å². The first kappa shape index (κ1) is 12.9. The van der Waals surface area contributed by atoms with Crippen molar-refractivity contribution in [3.8, 4) is 0 Å². The van der Waals surface area contributed by atoms with Crippen molar-refractivity contribution in [2.75, 3.05) is 17.7 Å². The van der Waals surface area contributed by atoms with E-state index in [0.29, 0.717) is 6.04 Å². The van der Waals surface area contributed by atoms with Gasteiger partial charge in [0.15, 0.2) is 0 Å². The topological polar surface area (TPSA) is 29.3 Å². The molecular weight excluding hydrogens is 196 g/mol. The van der Waals surface area contributed by atoms with Crippen molar-refractivity contribution in [3.63, 3.8) is 0 Å². The lowest BCUT2D eigenvalue weighted by Gasteiger charge is -2.28. The maximum absolute atomic E-state index is 5.93. The van der Waals surface area contributed by atoms with E-state index in [1.54, 1.807) is 0 Å². The molecule has 0 fully saturated rings. The highest BCUT2D eigenvalue weighted by Gasteiger charge is 2.12. The van der Waals surface area contributed by atoms with E-state index < -0.39 is 0 Å². The van der Waals surface area contributed by atoms with Gasteiger partial charge in [0.05, 0.1) is 0 Å². The standard InChI is InChI=1S/C14H24N2/c1-10(2)8-12(4)16(5)13-7-6-11(3)14(15)9-13/h6-7,9-10,12H,8,15H2,1-5H3. The molecule has 0 radical (unpaired) electrons. The first-order valence-electron chi connectivity index (χ1n) is 6.00. The quantitative estimate of drug-likeness (QED) is 0.787. The van der Waals surface area contributed by atoms with Gasteiger partial charge in [-0.15, -0.1) is 0 Å². The van der Waals surface area contributed by atoms with Gasteiger partial charge in [0.1, 0.15) is 0 Å². The zero-order valence-corrected chi connectivity index (χ0v) is 11.1. The monoisotopic (exact) mass is 220 g/mol. The predicted octanol–water partition coefficient (Wildman–Crippen LogP) is 3.45. The molecule has 2 N–H and O–H groups in total. The summed E-state index contributed by atoms with van der Waals surface area (Å²) in [6.45, 7) is 8.81. The number of nitrogens with zero attached hydrogens (tertiary/aromatic N) is 1. The molecule has 1 aromatic carbocycles. The van der Waals surface area contributed by atoms with E-state index in [1.807, 2.05) is 6.92 Å². The zero-order valence-electron chi connectivity index (χ0n) is 11.1. The van der Waals surface area contributed by atoms with Gasteiger partial charge >= 0.3 is 0 Å². The molecular formula is C14H24N2. The van der Waals surface area contributed by atoms with Crippen molar-refractivity contribution in [1.29, 1.82) is 0 Å². The van der Waals surface area contributed by atoms with Gasteiger partial charge in [-0.25, -0.2) is 0 Å². The van der Waals surface area contributed by atoms with E-state index in [2.05, 4.69) is 50.9 Å². The minimum absolute atomic E-state index is 0.544. The van der Waals surface area contributed by atoms with Gasteiger partial charge in [-0.05, 0) is 43.9 Å². The lowest BCUT2D eigenvalue weighted by Crippen LogP contribution is -2.30. The molecule has 0 amide bonds. The molecule has 0 heterocycles. The average molecular weight is 220 g/mol. The lowest BCUT2D eigenvalue weighted by molar-refractivity contribution is 0.504. The van der Waals surface area contributed by atoms with Crippen molar-refractivity contribution in [2.24, 2.45) is 5.92 Å². The third-order valence-corrected chi connectivity index (χ3v) is 3.14. The van der Waals surface area contributed by atoms with Crippen molar-refractivity contribution in [1.82, 2.24) is 0 Å². The molecule has 0 aromatic heterocycles.